The number of morpholine rings is 1. The Morgan fingerprint density at radius 1 is 1.13 bits per heavy atom. The first-order valence-electron chi connectivity index (χ1n) is 10.3. The Bertz CT molecular complexity index is 1060. The molecule has 0 radical (unpaired) electrons. The molecule has 7 nitrogen and oxygen atoms in total. The summed E-state index contributed by atoms with van der Waals surface area (Å²) in [7, 11) is 0. The molecule has 0 unspecified atom stereocenters. The Hall–Kier alpha value is -3.06. The monoisotopic (exact) mass is 405 g/mol. The number of aryl methyl sites for hydroxylation is 2. The number of carbonyl (C=O) groups is 1. The van der Waals surface area contributed by atoms with Crippen LogP contribution in [0.15, 0.2) is 36.4 Å². The summed E-state index contributed by atoms with van der Waals surface area (Å²) in [6, 6.07) is 11.6. The van der Waals surface area contributed by atoms with Gasteiger partial charge in [0.1, 0.15) is 6.10 Å². The van der Waals surface area contributed by atoms with Crippen LogP contribution in [-0.2, 0) is 4.74 Å². The van der Waals surface area contributed by atoms with Gasteiger partial charge in [0.15, 0.2) is 0 Å². The number of aromatic nitrogens is 3. The number of nitrogens with one attached hydrogen (secondary N) is 1. The highest BCUT2D eigenvalue weighted by Gasteiger charge is 2.27. The molecule has 3 heterocycles. The first kappa shape index (κ1) is 20.2. The number of carbonyl (C=O) groups excluding carboxylic acids is 1. The van der Waals surface area contributed by atoms with E-state index in [0.717, 1.165) is 28.0 Å². The molecule has 30 heavy (non-hydrogen) atoms. The van der Waals surface area contributed by atoms with Crippen molar-refractivity contribution < 1.29 is 9.53 Å². The van der Waals surface area contributed by atoms with E-state index in [-0.39, 0.29) is 18.1 Å². The second-order valence-electron chi connectivity index (χ2n) is 8.00. The predicted molar refractivity (Wildman–Crippen MR) is 117 cm³/mol. The molecule has 156 valence electrons. The maximum Gasteiger partial charge on any atom is 0.252 e. The molecule has 3 aromatic rings. The van der Waals surface area contributed by atoms with Crippen LogP contribution < -0.4 is 10.2 Å². The number of hydrogen-bond acceptors (Lipinski definition) is 6. The number of fused-ring (bicyclic) bond motifs is 1. The molecule has 1 saturated heterocycles. The highest BCUT2D eigenvalue weighted by Crippen LogP contribution is 2.27. The smallest absolute Gasteiger partial charge is 0.252 e. The fourth-order valence-electron chi connectivity index (χ4n) is 3.75. The molecule has 1 N–H and O–H groups in total. The fourth-order valence-corrected chi connectivity index (χ4v) is 3.75. The molecule has 4 rings (SSSR count). The van der Waals surface area contributed by atoms with Crippen LogP contribution in [0.25, 0.3) is 10.9 Å². The molecule has 0 saturated carbocycles. The van der Waals surface area contributed by atoms with Crippen molar-refractivity contribution in [3.63, 3.8) is 0 Å². The number of hydrogen-bond donors (Lipinski definition) is 1. The van der Waals surface area contributed by atoms with Crippen molar-refractivity contribution in [2.75, 3.05) is 24.6 Å². The lowest BCUT2D eigenvalue weighted by Crippen LogP contribution is -2.40. The van der Waals surface area contributed by atoms with E-state index in [2.05, 4.69) is 20.2 Å². The van der Waals surface area contributed by atoms with Crippen molar-refractivity contribution in [3.05, 3.63) is 59.0 Å². The van der Waals surface area contributed by atoms with E-state index in [0.29, 0.717) is 31.2 Å². The van der Waals surface area contributed by atoms with Crippen LogP contribution in [0.3, 0.4) is 0 Å². The molecule has 7 heteroatoms. The zero-order chi connectivity index (χ0) is 21.3. The number of nitrogens with zero attached hydrogens (tertiary/aromatic N) is 4. The average Bonchev–Trinajstić information content (AvgIpc) is 2.72. The summed E-state index contributed by atoms with van der Waals surface area (Å²) in [6.45, 7) is 9.69. The van der Waals surface area contributed by atoms with Gasteiger partial charge in [-0.05, 0) is 45.9 Å². The number of pyridine rings is 1. The van der Waals surface area contributed by atoms with E-state index in [1.165, 1.54) is 0 Å². The zero-order valence-electron chi connectivity index (χ0n) is 17.8. The zero-order valence-corrected chi connectivity index (χ0v) is 17.8. The molecule has 1 aromatic carbocycles. The van der Waals surface area contributed by atoms with Gasteiger partial charge in [0.05, 0.1) is 29.9 Å². The first-order valence-corrected chi connectivity index (χ1v) is 10.3. The molecule has 0 spiro atoms. The first-order chi connectivity index (χ1) is 14.4. The SMILES string of the molecule is Cc1cc(C)nc(N2CCO[C@@H](c3cc(C(=O)NC(C)C)c4ccccc4n3)C2)n1. The van der Waals surface area contributed by atoms with Gasteiger partial charge in [0, 0.05) is 29.4 Å². The van der Waals surface area contributed by atoms with E-state index in [1.54, 1.807) is 0 Å². The fraction of sp³-hybridized carbons (Fsp3) is 0.391. The molecule has 2 aromatic heterocycles. The molecule has 1 amide bonds. The Morgan fingerprint density at radius 2 is 1.87 bits per heavy atom. The Labute approximate surface area is 176 Å². The van der Waals surface area contributed by atoms with Gasteiger partial charge in [-0.1, -0.05) is 18.2 Å². The molecule has 1 atom stereocenters. The Kier molecular flexibility index (Phi) is 5.63. The van der Waals surface area contributed by atoms with Crippen LogP contribution >= 0.6 is 0 Å². The molecular formula is C23H27N5O2. The average molecular weight is 406 g/mol. The standard InChI is InChI=1S/C23H27N5O2/c1-14(2)24-22(29)18-12-20(27-19-8-6-5-7-17(18)19)21-13-28(9-10-30-21)23-25-15(3)11-16(4)26-23/h5-8,11-12,14,21H,9-10,13H2,1-4H3,(H,24,29)/t21-/m1/s1. The number of benzene rings is 1. The van der Waals surface area contributed by atoms with Gasteiger partial charge in [0.25, 0.3) is 5.91 Å². The largest absolute Gasteiger partial charge is 0.368 e. The van der Waals surface area contributed by atoms with Gasteiger partial charge in [-0.15, -0.1) is 0 Å². The molecule has 1 aliphatic heterocycles. The van der Waals surface area contributed by atoms with Gasteiger partial charge in [-0.25, -0.2) is 15.0 Å². The van der Waals surface area contributed by atoms with E-state index in [1.807, 2.05) is 64.1 Å². The third kappa shape index (κ3) is 4.26. The lowest BCUT2D eigenvalue weighted by molar-refractivity contribution is 0.0366. The normalized spacial score (nSPS) is 16.8. The van der Waals surface area contributed by atoms with Crippen molar-refractivity contribution in [3.8, 4) is 0 Å². The van der Waals surface area contributed by atoms with Gasteiger partial charge in [-0.2, -0.15) is 0 Å². The van der Waals surface area contributed by atoms with Gasteiger partial charge >= 0.3 is 0 Å². The highest BCUT2D eigenvalue weighted by molar-refractivity contribution is 6.06. The van der Waals surface area contributed by atoms with Crippen LogP contribution in [0.4, 0.5) is 5.95 Å². The quantitative estimate of drug-likeness (QED) is 0.717. The molecule has 0 aliphatic carbocycles. The third-order valence-electron chi connectivity index (χ3n) is 5.05. The summed E-state index contributed by atoms with van der Waals surface area (Å²) in [5, 5.41) is 3.83. The highest BCUT2D eigenvalue weighted by atomic mass is 16.5. The second-order valence-corrected chi connectivity index (χ2v) is 8.00. The summed E-state index contributed by atoms with van der Waals surface area (Å²) in [6.07, 6.45) is -0.265. The maximum absolute atomic E-state index is 12.9. The summed E-state index contributed by atoms with van der Waals surface area (Å²) >= 11 is 0. The minimum absolute atomic E-state index is 0.0519. The minimum atomic E-state index is -0.265. The van der Waals surface area contributed by atoms with Gasteiger partial charge < -0.3 is 15.0 Å². The second kappa shape index (κ2) is 8.36. The van der Waals surface area contributed by atoms with Crippen molar-refractivity contribution in [2.24, 2.45) is 0 Å². The van der Waals surface area contributed by atoms with Crippen LogP contribution in [0, 0.1) is 13.8 Å². The molecule has 1 aliphatic rings. The predicted octanol–water partition coefficient (Wildman–Crippen LogP) is 3.36. The van der Waals surface area contributed by atoms with Crippen molar-refractivity contribution >= 4 is 22.8 Å². The van der Waals surface area contributed by atoms with Crippen LogP contribution in [0.1, 0.15) is 47.4 Å². The maximum atomic E-state index is 12.9. The Morgan fingerprint density at radius 3 is 2.60 bits per heavy atom. The van der Waals surface area contributed by atoms with Crippen LogP contribution in [0.2, 0.25) is 0 Å². The number of rotatable bonds is 4. The topological polar surface area (TPSA) is 80.2 Å². The molecule has 0 bridgehead atoms. The summed E-state index contributed by atoms with van der Waals surface area (Å²) in [4.78, 5) is 29.0. The third-order valence-corrected chi connectivity index (χ3v) is 5.05. The number of anilines is 1. The van der Waals surface area contributed by atoms with Gasteiger partial charge in [0.2, 0.25) is 5.95 Å². The Balaban J connectivity index is 1.69. The van der Waals surface area contributed by atoms with E-state index < -0.39 is 0 Å². The lowest BCUT2D eigenvalue weighted by atomic mass is 10.0. The summed E-state index contributed by atoms with van der Waals surface area (Å²) in [5.74, 6) is 0.606. The van der Waals surface area contributed by atoms with Gasteiger partial charge in [-0.3, -0.25) is 4.79 Å². The minimum Gasteiger partial charge on any atom is -0.368 e. The lowest BCUT2D eigenvalue weighted by Gasteiger charge is -2.33. The van der Waals surface area contributed by atoms with Crippen molar-refractivity contribution in [2.45, 2.75) is 39.8 Å². The number of para-hydroxylation sites is 1. The van der Waals surface area contributed by atoms with Crippen LogP contribution in [0.5, 0.6) is 0 Å². The molecule has 1 fully saturated rings. The molecular weight excluding hydrogens is 378 g/mol. The number of ether oxygens (including phenoxy) is 1. The van der Waals surface area contributed by atoms with Crippen molar-refractivity contribution in [1.82, 2.24) is 20.3 Å². The van der Waals surface area contributed by atoms with E-state index in [9.17, 15) is 4.79 Å². The van der Waals surface area contributed by atoms with Crippen LogP contribution in [-0.4, -0.2) is 46.6 Å². The number of amides is 1. The van der Waals surface area contributed by atoms with Crippen molar-refractivity contribution in [1.29, 1.82) is 0 Å². The van der Waals surface area contributed by atoms with E-state index >= 15 is 0 Å². The van der Waals surface area contributed by atoms with E-state index in [4.69, 9.17) is 9.72 Å². The summed E-state index contributed by atoms with van der Waals surface area (Å²) < 4.78 is 6.05. The summed E-state index contributed by atoms with van der Waals surface area (Å²) in [5.41, 5.74) is 4.03.